The van der Waals surface area contributed by atoms with E-state index in [9.17, 15) is 9.59 Å². The molecule has 0 saturated carbocycles. The zero-order valence-electron chi connectivity index (χ0n) is 15.1. The maximum absolute atomic E-state index is 12.2. The van der Waals surface area contributed by atoms with Gasteiger partial charge in [-0.15, -0.1) is 11.3 Å². The molecular formula is C19H22N2O4S. The summed E-state index contributed by atoms with van der Waals surface area (Å²) in [6, 6.07) is 9.38. The third-order valence-electron chi connectivity index (χ3n) is 4.34. The van der Waals surface area contributed by atoms with Crippen LogP contribution >= 0.6 is 11.3 Å². The lowest BCUT2D eigenvalue weighted by molar-refractivity contribution is -0.121. The summed E-state index contributed by atoms with van der Waals surface area (Å²) in [5, 5.41) is 4.76. The molecule has 0 saturated heterocycles. The highest BCUT2D eigenvalue weighted by molar-refractivity contribution is 7.12. The first kappa shape index (κ1) is 18.3. The number of likely N-dealkylation sites (N-methyl/N-ethyl adjacent to an activating group) is 1. The van der Waals surface area contributed by atoms with Crippen LogP contribution in [0.5, 0.6) is 11.5 Å². The van der Waals surface area contributed by atoms with Gasteiger partial charge in [0.2, 0.25) is 12.7 Å². The highest BCUT2D eigenvalue weighted by atomic mass is 32.1. The van der Waals surface area contributed by atoms with Crippen LogP contribution in [0.2, 0.25) is 0 Å². The van der Waals surface area contributed by atoms with E-state index in [1.54, 1.807) is 13.1 Å². The van der Waals surface area contributed by atoms with Crippen molar-refractivity contribution in [3.63, 3.8) is 0 Å². The van der Waals surface area contributed by atoms with Crippen molar-refractivity contribution in [3.05, 3.63) is 46.2 Å². The van der Waals surface area contributed by atoms with E-state index < -0.39 is 0 Å². The molecule has 1 aromatic heterocycles. The molecule has 1 aliphatic rings. The zero-order valence-corrected chi connectivity index (χ0v) is 15.9. The largest absolute Gasteiger partial charge is 0.454 e. The molecule has 138 valence electrons. The minimum absolute atomic E-state index is 0.0218. The molecule has 0 atom stereocenters. The van der Waals surface area contributed by atoms with Crippen molar-refractivity contribution >= 4 is 23.2 Å². The molecule has 1 aromatic carbocycles. The van der Waals surface area contributed by atoms with Gasteiger partial charge in [0, 0.05) is 19.0 Å². The fourth-order valence-corrected chi connectivity index (χ4v) is 3.39. The average molecular weight is 374 g/mol. The Bertz CT molecular complexity index is 802. The van der Waals surface area contributed by atoms with E-state index in [1.807, 2.05) is 43.5 Å². The Labute approximate surface area is 156 Å². The molecule has 2 heterocycles. The summed E-state index contributed by atoms with van der Waals surface area (Å²) in [7, 11) is 1.63. The average Bonchev–Trinajstić information content (AvgIpc) is 3.30. The Morgan fingerprint density at radius 2 is 2.00 bits per heavy atom. The Kier molecular flexibility index (Phi) is 5.18. The van der Waals surface area contributed by atoms with E-state index in [-0.39, 0.29) is 30.6 Å². The molecule has 26 heavy (non-hydrogen) atoms. The molecule has 1 N–H and O–H groups in total. The fourth-order valence-electron chi connectivity index (χ4n) is 2.67. The number of amides is 2. The first-order chi connectivity index (χ1) is 12.4. The van der Waals surface area contributed by atoms with Crippen LogP contribution in [0.1, 0.15) is 29.1 Å². The minimum Gasteiger partial charge on any atom is -0.454 e. The molecule has 0 spiro atoms. The van der Waals surface area contributed by atoms with Gasteiger partial charge in [0.15, 0.2) is 11.5 Å². The molecular weight excluding hydrogens is 352 g/mol. The Balaban J connectivity index is 1.55. The van der Waals surface area contributed by atoms with Crippen molar-refractivity contribution in [3.8, 4) is 11.5 Å². The standard InChI is InChI=1S/C19H22N2O4S/c1-19(2,13-6-7-14-15(9-13)25-12-24-14)11-20-17(22)10-21(3)18(23)16-5-4-8-26-16/h4-9H,10-12H2,1-3H3,(H,20,22). The number of carbonyl (C=O) groups is 2. The lowest BCUT2D eigenvalue weighted by Crippen LogP contribution is -2.42. The molecule has 2 amide bonds. The molecule has 0 fully saturated rings. The molecule has 0 radical (unpaired) electrons. The molecule has 1 aliphatic heterocycles. The predicted octanol–water partition coefficient (Wildman–Crippen LogP) is 2.64. The number of thiophene rings is 1. The van der Waals surface area contributed by atoms with Crippen LogP contribution in [0, 0.1) is 0 Å². The van der Waals surface area contributed by atoms with E-state index in [0.717, 1.165) is 17.1 Å². The monoisotopic (exact) mass is 374 g/mol. The number of carbonyl (C=O) groups excluding carboxylic acids is 2. The lowest BCUT2D eigenvalue weighted by Gasteiger charge is -2.26. The van der Waals surface area contributed by atoms with Gasteiger partial charge in [-0.25, -0.2) is 0 Å². The van der Waals surface area contributed by atoms with E-state index in [4.69, 9.17) is 9.47 Å². The number of rotatable bonds is 6. The quantitative estimate of drug-likeness (QED) is 0.844. The SMILES string of the molecule is CN(CC(=O)NCC(C)(C)c1ccc2c(c1)OCO2)C(=O)c1cccs1. The third-order valence-corrected chi connectivity index (χ3v) is 5.20. The molecule has 7 heteroatoms. The van der Waals surface area contributed by atoms with Crippen LogP contribution in [0.25, 0.3) is 0 Å². The van der Waals surface area contributed by atoms with Gasteiger partial charge in [-0.05, 0) is 29.1 Å². The van der Waals surface area contributed by atoms with Crippen LogP contribution < -0.4 is 14.8 Å². The zero-order chi connectivity index (χ0) is 18.7. The number of nitrogens with zero attached hydrogens (tertiary/aromatic N) is 1. The van der Waals surface area contributed by atoms with Gasteiger partial charge in [0.1, 0.15) is 0 Å². The molecule has 2 aromatic rings. The normalized spacial score (nSPS) is 12.7. The first-order valence-electron chi connectivity index (χ1n) is 8.32. The summed E-state index contributed by atoms with van der Waals surface area (Å²) in [4.78, 5) is 26.5. The highest BCUT2D eigenvalue weighted by Gasteiger charge is 2.25. The van der Waals surface area contributed by atoms with Gasteiger partial charge in [-0.3, -0.25) is 9.59 Å². The fraction of sp³-hybridized carbons (Fsp3) is 0.368. The number of ether oxygens (including phenoxy) is 2. The van der Waals surface area contributed by atoms with E-state index in [0.29, 0.717) is 11.4 Å². The van der Waals surface area contributed by atoms with Crippen molar-refractivity contribution < 1.29 is 19.1 Å². The Morgan fingerprint density at radius 3 is 2.73 bits per heavy atom. The van der Waals surface area contributed by atoms with Crippen LogP contribution in [0.3, 0.4) is 0 Å². The predicted molar refractivity (Wildman–Crippen MR) is 99.9 cm³/mol. The van der Waals surface area contributed by atoms with Crippen LogP contribution in [-0.4, -0.2) is 43.6 Å². The molecule has 6 nitrogen and oxygen atoms in total. The molecule has 0 unspecified atom stereocenters. The number of benzene rings is 1. The maximum atomic E-state index is 12.2. The van der Waals surface area contributed by atoms with Crippen LogP contribution in [-0.2, 0) is 10.2 Å². The van der Waals surface area contributed by atoms with Crippen molar-refractivity contribution in [2.45, 2.75) is 19.3 Å². The minimum atomic E-state index is -0.285. The van der Waals surface area contributed by atoms with Gasteiger partial charge in [0.05, 0.1) is 11.4 Å². The second kappa shape index (κ2) is 7.37. The van der Waals surface area contributed by atoms with Gasteiger partial charge < -0.3 is 19.7 Å². The second-order valence-corrected chi connectivity index (χ2v) is 7.81. The van der Waals surface area contributed by atoms with Crippen molar-refractivity contribution in [2.24, 2.45) is 0 Å². The van der Waals surface area contributed by atoms with Gasteiger partial charge in [-0.2, -0.15) is 0 Å². The topological polar surface area (TPSA) is 67.9 Å². The lowest BCUT2D eigenvalue weighted by atomic mass is 9.84. The Hall–Kier alpha value is -2.54. The van der Waals surface area contributed by atoms with Gasteiger partial charge in [-0.1, -0.05) is 26.0 Å². The maximum Gasteiger partial charge on any atom is 0.264 e. The van der Waals surface area contributed by atoms with E-state index in [1.165, 1.54) is 16.2 Å². The van der Waals surface area contributed by atoms with E-state index in [2.05, 4.69) is 5.32 Å². The van der Waals surface area contributed by atoms with Crippen molar-refractivity contribution in [2.75, 3.05) is 26.9 Å². The summed E-state index contributed by atoms with van der Waals surface area (Å²) in [5.74, 6) is 1.13. The molecule has 0 aliphatic carbocycles. The van der Waals surface area contributed by atoms with Gasteiger partial charge >= 0.3 is 0 Å². The molecule has 3 rings (SSSR count). The van der Waals surface area contributed by atoms with Crippen LogP contribution in [0.15, 0.2) is 35.7 Å². The summed E-state index contributed by atoms with van der Waals surface area (Å²) in [5.41, 5.74) is 0.762. The Morgan fingerprint density at radius 1 is 1.23 bits per heavy atom. The van der Waals surface area contributed by atoms with Crippen molar-refractivity contribution in [1.82, 2.24) is 10.2 Å². The van der Waals surface area contributed by atoms with Crippen LogP contribution in [0.4, 0.5) is 0 Å². The first-order valence-corrected chi connectivity index (χ1v) is 9.20. The molecule has 0 bridgehead atoms. The van der Waals surface area contributed by atoms with Crippen molar-refractivity contribution in [1.29, 1.82) is 0 Å². The summed E-state index contributed by atoms with van der Waals surface area (Å²) in [6.45, 7) is 4.80. The van der Waals surface area contributed by atoms with Gasteiger partial charge in [0.25, 0.3) is 5.91 Å². The smallest absolute Gasteiger partial charge is 0.264 e. The summed E-state index contributed by atoms with van der Waals surface area (Å²) in [6.07, 6.45) is 0. The van der Waals surface area contributed by atoms with E-state index >= 15 is 0 Å². The highest BCUT2D eigenvalue weighted by Crippen LogP contribution is 2.36. The number of nitrogens with one attached hydrogen (secondary N) is 1. The number of fused-ring (bicyclic) bond motifs is 1. The number of hydrogen-bond acceptors (Lipinski definition) is 5. The third kappa shape index (κ3) is 3.99. The second-order valence-electron chi connectivity index (χ2n) is 6.87. The summed E-state index contributed by atoms with van der Waals surface area (Å²) >= 11 is 1.37. The summed E-state index contributed by atoms with van der Waals surface area (Å²) < 4.78 is 10.8. The number of hydrogen-bond donors (Lipinski definition) is 1.